The van der Waals surface area contributed by atoms with Crippen molar-refractivity contribution in [3.8, 4) is 0 Å². The first-order valence-electron chi connectivity index (χ1n) is 10.6. The summed E-state index contributed by atoms with van der Waals surface area (Å²) in [6.45, 7) is 3.17. The number of sulfonamides is 1. The number of ether oxygens (including phenoxy) is 1. The molecule has 0 aliphatic heterocycles. The fourth-order valence-corrected chi connectivity index (χ4v) is 4.05. The molecule has 0 spiro atoms. The molecule has 0 atom stereocenters. The summed E-state index contributed by atoms with van der Waals surface area (Å²) in [5, 5.41) is 0. The van der Waals surface area contributed by atoms with Crippen LogP contribution in [-0.2, 0) is 30.9 Å². The van der Waals surface area contributed by atoms with E-state index in [9.17, 15) is 18.0 Å². The van der Waals surface area contributed by atoms with Gasteiger partial charge in [0.25, 0.3) is 5.91 Å². The molecule has 1 amide bonds. The summed E-state index contributed by atoms with van der Waals surface area (Å²) >= 11 is 0. The summed E-state index contributed by atoms with van der Waals surface area (Å²) in [4.78, 5) is 26.1. The largest absolute Gasteiger partial charge is 0.468 e. The van der Waals surface area contributed by atoms with Gasteiger partial charge in [-0.15, -0.1) is 0 Å². The summed E-state index contributed by atoms with van der Waals surface area (Å²) in [7, 11) is -3.69. The van der Waals surface area contributed by atoms with Crippen LogP contribution < -0.4 is 4.72 Å². The molecule has 1 aliphatic rings. The highest BCUT2D eigenvalue weighted by atomic mass is 32.2. The van der Waals surface area contributed by atoms with E-state index in [-0.39, 0.29) is 24.0 Å². The van der Waals surface area contributed by atoms with Crippen molar-refractivity contribution in [2.75, 3.05) is 19.7 Å². The predicted molar refractivity (Wildman–Crippen MR) is 119 cm³/mol. The standard InChI is InChI=1S/C23H28N2O6S/c1-2-13-25(16-19-5-6-19)22(26)17-31-23(27)12-9-18-7-10-21(11-8-18)32(28,29)24-15-20-4-3-14-30-20/h3-4,7-12,14,19,24H,2,5-6,13,15-17H2,1H3/b12-9+. The van der Waals surface area contributed by atoms with Crippen LogP contribution >= 0.6 is 0 Å². The Labute approximate surface area is 188 Å². The van der Waals surface area contributed by atoms with Gasteiger partial charge in [0.2, 0.25) is 10.0 Å². The summed E-state index contributed by atoms with van der Waals surface area (Å²) in [5.41, 5.74) is 0.625. The Balaban J connectivity index is 1.47. The van der Waals surface area contributed by atoms with E-state index in [2.05, 4.69) is 4.72 Å². The summed E-state index contributed by atoms with van der Waals surface area (Å²) in [6.07, 6.45) is 7.36. The van der Waals surface area contributed by atoms with E-state index in [1.807, 2.05) is 6.92 Å². The normalized spacial score (nSPS) is 13.9. The second kappa shape index (κ2) is 11.1. The van der Waals surface area contributed by atoms with Crippen LogP contribution in [0.3, 0.4) is 0 Å². The van der Waals surface area contributed by atoms with E-state index >= 15 is 0 Å². The van der Waals surface area contributed by atoms with Crippen molar-refractivity contribution >= 4 is 28.0 Å². The highest BCUT2D eigenvalue weighted by Gasteiger charge is 2.26. The van der Waals surface area contributed by atoms with E-state index in [1.54, 1.807) is 29.2 Å². The third kappa shape index (κ3) is 7.35. The van der Waals surface area contributed by atoms with E-state index in [0.29, 0.717) is 23.8 Å². The van der Waals surface area contributed by atoms with E-state index < -0.39 is 16.0 Å². The monoisotopic (exact) mass is 460 g/mol. The molecule has 9 heteroatoms. The molecule has 0 saturated heterocycles. The minimum absolute atomic E-state index is 0.0535. The highest BCUT2D eigenvalue weighted by Crippen LogP contribution is 2.29. The lowest BCUT2D eigenvalue weighted by molar-refractivity contribution is -0.148. The zero-order chi connectivity index (χ0) is 23.0. The molecule has 3 rings (SSSR count). The number of carbonyl (C=O) groups excluding carboxylic acids is 2. The zero-order valence-corrected chi connectivity index (χ0v) is 18.8. The molecule has 1 heterocycles. The Kier molecular flexibility index (Phi) is 8.24. The maximum absolute atomic E-state index is 12.3. The zero-order valence-electron chi connectivity index (χ0n) is 18.0. The second-order valence-electron chi connectivity index (χ2n) is 7.70. The van der Waals surface area contributed by atoms with Gasteiger partial charge in [0.15, 0.2) is 6.61 Å². The topological polar surface area (TPSA) is 106 Å². The molecule has 0 unspecified atom stereocenters. The highest BCUT2D eigenvalue weighted by molar-refractivity contribution is 7.89. The summed E-state index contributed by atoms with van der Waals surface area (Å²) in [6, 6.07) is 9.40. The van der Waals surface area contributed by atoms with Crippen LogP contribution in [0.25, 0.3) is 6.08 Å². The van der Waals surface area contributed by atoms with Gasteiger partial charge < -0.3 is 14.1 Å². The maximum atomic E-state index is 12.3. The van der Waals surface area contributed by atoms with Gasteiger partial charge in [-0.1, -0.05) is 19.1 Å². The van der Waals surface area contributed by atoms with Crippen molar-refractivity contribution < 1.29 is 27.2 Å². The third-order valence-electron chi connectivity index (χ3n) is 4.98. The number of furan rings is 1. The van der Waals surface area contributed by atoms with Crippen molar-refractivity contribution in [2.45, 2.75) is 37.6 Å². The Morgan fingerprint density at radius 1 is 1.22 bits per heavy atom. The number of hydrogen-bond donors (Lipinski definition) is 1. The number of nitrogens with one attached hydrogen (secondary N) is 1. The smallest absolute Gasteiger partial charge is 0.331 e. The lowest BCUT2D eigenvalue weighted by Gasteiger charge is -2.21. The molecule has 1 aromatic heterocycles. The van der Waals surface area contributed by atoms with E-state index in [0.717, 1.165) is 25.8 Å². The average Bonchev–Trinajstić information content (AvgIpc) is 3.45. The van der Waals surface area contributed by atoms with Crippen LogP contribution in [0.15, 0.2) is 58.1 Å². The molecule has 1 N–H and O–H groups in total. The van der Waals surface area contributed by atoms with Crippen LogP contribution in [0.4, 0.5) is 0 Å². The molecule has 1 aromatic carbocycles. The number of nitrogens with zero attached hydrogens (tertiary/aromatic N) is 1. The van der Waals surface area contributed by atoms with Crippen molar-refractivity contribution in [1.82, 2.24) is 9.62 Å². The lowest BCUT2D eigenvalue weighted by Crippen LogP contribution is -2.36. The number of esters is 1. The molecule has 1 fully saturated rings. The Bertz CT molecular complexity index is 1020. The molecular weight excluding hydrogens is 432 g/mol. The van der Waals surface area contributed by atoms with Gasteiger partial charge in [0.05, 0.1) is 17.7 Å². The van der Waals surface area contributed by atoms with Crippen LogP contribution in [0, 0.1) is 5.92 Å². The molecule has 32 heavy (non-hydrogen) atoms. The van der Waals surface area contributed by atoms with Gasteiger partial charge >= 0.3 is 5.97 Å². The minimum atomic E-state index is -3.69. The van der Waals surface area contributed by atoms with Gasteiger partial charge in [0, 0.05) is 19.2 Å². The minimum Gasteiger partial charge on any atom is -0.468 e. The van der Waals surface area contributed by atoms with Crippen molar-refractivity contribution in [2.24, 2.45) is 5.92 Å². The fourth-order valence-electron chi connectivity index (χ4n) is 3.06. The number of hydrogen-bond acceptors (Lipinski definition) is 6. The van der Waals surface area contributed by atoms with Gasteiger partial charge in [-0.2, -0.15) is 0 Å². The first kappa shape index (κ1) is 23.7. The van der Waals surface area contributed by atoms with Crippen LogP contribution in [-0.4, -0.2) is 44.9 Å². The van der Waals surface area contributed by atoms with Crippen molar-refractivity contribution in [3.63, 3.8) is 0 Å². The molecule has 1 aliphatic carbocycles. The Hall–Kier alpha value is -2.91. The van der Waals surface area contributed by atoms with E-state index in [1.165, 1.54) is 30.5 Å². The molecule has 172 valence electrons. The van der Waals surface area contributed by atoms with Gasteiger partial charge in [-0.25, -0.2) is 17.9 Å². The number of amides is 1. The summed E-state index contributed by atoms with van der Waals surface area (Å²) < 4.78 is 37.3. The van der Waals surface area contributed by atoms with Crippen molar-refractivity contribution in [1.29, 1.82) is 0 Å². The van der Waals surface area contributed by atoms with Crippen molar-refractivity contribution in [3.05, 3.63) is 60.1 Å². The molecule has 8 nitrogen and oxygen atoms in total. The third-order valence-corrected chi connectivity index (χ3v) is 6.40. The first-order valence-corrected chi connectivity index (χ1v) is 12.1. The second-order valence-corrected chi connectivity index (χ2v) is 9.46. The molecule has 0 radical (unpaired) electrons. The summed E-state index contributed by atoms with van der Waals surface area (Å²) in [5.74, 6) is 0.277. The van der Waals surface area contributed by atoms with Gasteiger partial charge in [0.1, 0.15) is 5.76 Å². The molecule has 2 aromatic rings. The first-order chi connectivity index (χ1) is 15.4. The van der Waals surface area contributed by atoms with Gasteiger partial charge in [-0.3, -0.25) is 4.79 Å². The van der Waals surface area contributed by atoms with Crippen LogP contribution in [0.2, 0.25) is 0 Å². The molecule has 1 saturated carbocycles. The fraction of sp³-hybridized carbons (Fsp3) is 0.391. The number of carbonyl (C=O) groups is 2. The number of rotatable bonds is 12. The number of benzene rings is 1. The average molecular weight is 461 g/mol. The quantitative estimate of drug-likeness (QED) is 0.386. The molecular formula is C23H28N2O6S. The predicted octanol–water partition coefficient (Wildman–Crippen LogP) is 2.96. The molecule has 0 bridgehead atoms. The van der Waals surface area contributed by atoms with Crippen LogP contribution in [0.5, 0.6) is 0 Å². The SMILES string of the molecule is CCCN(CC1CC1)C(=O)COC(=O)/C=C/c1ccc(S(=O)(=O)NCc2ccco2)cc1. The maximum Gasteiger partial charge on any atom is 0.331 e. The van der Waals surface area contributed by atoms with E-state index in [4.69, 9.17) is 9.15 Å². The lowest BCUT2D eigenvalue weighted by atomic mass is 10.2. The van der Waals surface area contributed by atoms with Gasteiger partial charge in [-0.05, 0) is 61.1 Å². The Morgan fingerprint density at radius 2 is 1.97 bits per heavy atom. The van der Waals surface area contributed by atoms with Crippen LogP contribution in [0.1, 0.15) is 37.5 Å². The Morgan fingerprint density at radius 3 is 2.59 bits per heavy atom.